The minimum absolute atomic E-state index is 0.194. The van der Waals surface area contributed by atoms with Crippen LogP contribution >= 0.6 is 0 Å². The van der Waals surface area contributed by atoms with Gasteiger partial charge in [0, 0.05) is 12.6 Å². The van der Waals surface area contributed by atoms with Gasteiger partial charge in [0.1, 0.15) is 5.54 Å². The third kappa shape index (κ3) is 0.506. The third-order valence-corrected chi connectivity index (χ3v) is 2.31. The fraction of sp³-hybridized carbons (Fsp3) is 0.714. The summed E-state index contributed by atoms with van der Waals surface area (Å²) in [7, 11) is 0. The van der Waals surface area contributed by atoms with Crippen LogP contribution in [0, 0.1) is 0 Å². The first-order chi connectivity index (χ1) is 4.33. The van der Waals surface area contributed by atoms with Crippen LogP contribution in [0.15, 0.2) is 4.99 Å². The summed E-state index contributed by atoms with van der Waals surface area (Å²) in [6, 6.07) is 0. The molecule has 0 aromatic rings. The lowest BCUT2D eigenvalue weighted by molar-refractivity contribution is -0.130. The smallest absolute Gasteiger partial charge is 0.160 e. The Bertz CT molecular complexity index is 185. The minimum Gasteiger partial charge on any atom is -0.297 e. The van der Waals surface area contributed by atoms with Crippen molar-refractivity contribution in [3.63, 3.8) is 0 Å². The van der Waals surface area contributed by atoms with Gasteiger partial charge in [0.15, 0.2) is 5.78 Å². The molecule has 2 nitrogen and oxygen atoms in total. The number of ketones is 1. The Kier molecular flexibility index (Phi) is 0.821. The summed E-state index contributed by atoms with van der Waals surface area (Å²) in [5, 5.41) is 0. The average molecular weight is 123 g/mol. The summed E-state index contributed by atoms with van der Waals surface area (Å²) >= 11 is 0. The van der Waals surface area contributed by atoms with Gasteiger partial charge in [0.2, 0.25) is 0 Å². The lowest BCUT2D eigenvalue weighted by atomic mass is 9.74. The Morgan fingerprint density at radius 1 is 1.56 bits per heavy atom. The fourth-order valence-electron chi connectivity index (χ4n) is 1.52. The molecule has 2 heteroatoms. The topological polar surface area (TPSA) is 29.4 Å². The monoisotopic (exact) mass is 123 g/mol. The van der Waals surface area contributed by atoms with Crippen molar-refractivity contribution >= 4 is 12.0 Å². The van der Waals surface area contributed by atoms with Gasteiger partial charge in [-0.15, -0.1) is 0 Å². The molecule has 0 radical (unpaired) electrons. The van der Waals surface area contributed by atoms with Gasteiger partial charge in [-0.05, 0) is 19.3 Å². The highest BCUT2D eigenvalue weighted by atomic mass is 16.1. The molecule has 1 fully saturated rings. The molecule has 0 saturated heterocycles. The van der Waals surface area contributed by atoms with Crippen molar-refractivity contribution in [1.82, 2.24) is 0 Å². The molecule has 1 heterocycles. The molecule has 1 spiro atoms. The van der Waals surface area contributed by atoms with Crippen molar-refractivity contribution in [2.24, 2.45) is 4.99 Å². The molecule has 1 atom stereocenters. The third-order valence-electron chi connectivity index (χ3n) is 2.31. The number of carbonyl (C=O) groups excluding carboxylic acids is 1. The zero-order valence-corrected chi connectivity index (χ0v) is 5.26. The van der Waals surface area contributed by atoms with Gasteiger partial charge in [-0.3, -0.25) is 9.79 Å². The zero-order chi connectivity index (χ0) is 6.32. The van der Waals surface area contributed by atoms with Crippen LogP contribution in [0.5, 0.6) is 0 Å². The highest BCUT2D eigenvalue weighted by molar-refractivity contribution is 5.96. The summed E-state index contributed by atoms with van der Waals surface area (Å²) in [4.78, 5) is 15.1. The van der Waals surface area contributed by atoms with E-state index in [9.17, 15) is 4.79 Å². The predicted octanol–water partition coefficient (Wildman–Crippen LogP) is 0.953. The second-order valence-corrected chi connectivity index (χ2v) is 2.81. The highest BCUT2D eigenvalue weighted by Gasteiger charge is 2.46. The SMILES string of the molecule is O=C1CCC12CCC=N2. The first kappa shape index (κ1) is 5.15. The molecule has 2 aliphatic rings. The van der Waals surface area contributed by atoms with Crippen LogP contribution in [-0.4, -0.2) is 17.5 Å². The molecule has 0 bridgehead atoms. The van der Waals surface area contributed by atoms with Crippen LogP contribution in [0.4, 0.5) is 0 Å². The molecule has 0 aromatic carbocycles. The Labute approximate surface area is 54.0 Å². The molecular weight excluding hydrogens is 114 g/mol. The maximum atomic E-state index is 10.9. The Morgan fingerprint density at radius 2 is 2.44 bits per heavy atom. The second-order valence-electron chi connectivity index (χ2n) is 2.81. The average Bonchev–Trinajstić information content (AvgIpc) is 2.34. The van der Waals surface area contributed by atoms with Gasteiger partial charge in [0.25, 0.3) is 0 Å². The van der Waals surface area contributed by atoms with Crippen LogP contribution in [0.25, 0.3) is 0 Å². The molecule has 2 rings (SSSR count). The lowest BCUT2D eigenvalue weighted by Crippen LogP contribution is -2.44. The summed E-state index contributed by atoms with van der Waals surface area (Å²) in [6.07, 6.45) is 5.63. The van der Waals surface area contributed by atoms with Crippen molar-refractivity contribution in [3.05, 3.63) is 0 Å². The summed E-state index contributed by atoms with van der Waals surface area (Å²) in [5.41, 5.74) is -0.194. The molecular formula is C7H9NO. The maximum absolute atomic E-state index is 10.9. The van der Waals surface area contributed by atoms with Crippen LogP contribution in [0.1, 0.15) is 25.7 Å². The van der Waals surface area contributed by atoms with Crippen molar-refractivity contribution in [2.75, 3.05) is 0 Å². The highest BCUT2D eigenvalue weighted by Crippen LogP contribution is 2.38. The maximum Gasteiger partial charge on any atom is 0.160 e. The standard InChI is InChI=1S/C7H9NO/c9-6-2-4-7(6)3-1-5-8-7/h5H,1-4H2. The molecule has 0 aromatic heterocycles. The van der Waals surface area contributed by atoms with Crippen molar-refractivity contribution in [1.29, 1.82) is 0 Å². The van der Waals surface area contributed by atoms with Crippen LogP contribution < -0.4 is 0 Å². The van der Waals surface area contributed by atoms with Gasteiger partial charge in [-0.2, -0.15) is 0 Å². The van der Waals surface area contributed by atoms with Gasteiger partial charge in [-0.1, -0.05) is 0 Å². The van der Waals surface area contributed by atoms with Crippen molar-refractivity contribution in [2.45, 2.75) is 31.2 Å². The number of nitrogens with zero attached hydrogens (tertiary/aromatic N) is 1. The Morgan fingerprint density at radius 3 is 2.67 bits per heavy atom. The molecule has 9 heavy (non-hydrogen) atoms. The predicted molar refractivity (Wildman–Crippen MR) is 34.7 cm³/mol. The molecule has 0 amide bonds. The van der Waals surface area contributed by atoms with E-state index < -0.39 is 0 Å². The van der Waals surface area contributed by atoms with E-state index in [1.807, 2.05) is 6.21 Å². The van der Waals surface area contributed by atoms with Gasteiger partial charge < -0.3 is 0 Å². The molecule has 1 aliphatic heterocycles. The van der Waals surface area contributed by atoms with Gasteiger partial charge in [-0.25, -0.2) is 0 Å². The summed E-state index contributed by atoms with van der Waals surface area (Å²) in [5.74, 6) is 0.358. The van der Waals surface area contributed by atoms with E-state index >= 15 is 0 Å². The molecule has 48 valence electrons. The van der Waals surface area contributed by atoms with E-state index in [0.717, 1.165) is 25.7 Å². The van der Waals surface area contributed by atoms with Gasteiger partial charge >= 0.3 is 0 Å². The Hall–Kier alpha value is -0.660. The molecule has 0 N–H and O–H groups in total. The van der Waals surface area contributed by atoms with E-state index in [1.54, 1.807) is 0 Å². The van der Waals surface area contributed by atoms with Gasteiger partial charge in [0.05, 0.1) is 0 Å². The van der Waals surface area contributed by atoms with Crippen LogP contribution in [0.3, 0.4) is 0 Å². The van der Waals surface area contributed by atoms with E-state index in [2.05, 4.69) is 4.99 Å². The van der Waals surface area contributed by atoms with E-state index in [-0.39, 0.29) is 5.54 Å². The Balaban J connectivity index is 2.25. The van der Waals surface area contributed by atoms with E-state index in [1.165, 1.54) is 0 Å². The number of carbonyl (C=O) groups is 1. The zero-order valence-electron chi connectivity index (χ0n) is 5.26. The summed E-state index contributed by atoms with van der Waals surface area (Å²) < 4.78 is 0. The number of Topliss-reactive ketones (excluding diaryl/α,β-unsaturated/α-hetero) is 1. The summed E-state index contributed by atoms with van der Waals surface area (Å²) in [6.45, 7) is 0. The molecule has 1 aliphatic carbocycles. The van der Waals surface area contributed by atoms with E-state index in [0.29, 0.717) is 5.78 Å². The first-order valence-electron chi connectivity index (χ1n) is 3.40. The second kappa shape index (κ2) is 1.43. The fourth-order valence-corrected chi connectivity index (χ4v) is 1.52. The molecule has 1 saturated carbocycles. The quantitative estimate of drug-likeness (QED) is 0.471. The normalized spacial score (nSPS) is 39.8. The van der Waals surface area contributed by atoms with Crippen molar-refractivity contribution in [3.8, 4) is 0 Å². The molecule has 1 unspecified atom stereocenters. The van der Waals surface area contributed by atoms with Crippen molar-refractivity contribution < 1.29 is 4.79 Å². The first-order valence-corrected chi connectivity index (χ1v) is 3.40. The number of rotatable bonds is 0. The number of hydrogen-bond acceptors (Lipinski definition) is 2. The van der Waals surface area contributed by atoms with Crippen LogP contribution in [-0.2, 0) is 4.79 Å². The number of hydrogen-bond donors (Lipinski definition) is 0. The lowest BCUT2D eigenvalue weighted by Gasteiger charge is -2.32. The number of aliphatic imine (C=N–C) groups is 1. The minimum atomic E-state index is -0.194. The van der Waals surface area contributed by atoms with Crippen LogP contribution in [0.2, 0.25) is 0 Å². The van der Waals surface area contributed by atoms with E-state index in [4.69, 9.17) is 0 Å². The largest absolute Gasteiger partial charge is 0.297 e.